The Labute approximate surface area is 198 Å². The van der Waals surface area contributed by atoms with Gasteiger partial charge in [0.2, 0.25) is 0 Å². The maximum absolute atomic E-state index is 12.7. The Morgan fingerprint density at radius 1 is 1.17 bits per heavy atom. The molecule has 30 heavy (non-hydrogen) atoms. The Kier molecular flexibility index (Phi) is 7.62. The molecular formula is C20H14Br2ClNO5S. The molecule has 1 aliphatic heterocycles. The summed E-state index contributed by atoms with van der Waals surface area (Å²) in [5.74, 6) is -0.446. The molecule has 1 saturated heterocycles. The average molecular weight is 576 g/mol. The molecule has 1 fully saturated rings. The number of carbonyl (C=O) groups is 3. The summed E-state index contributed by atoms with van der Waals surface area (Å²) in [6.07, 6.45) is 1.63. The van der Waals surface area contributed by atoms with E-state index >= 15 is 0 Å². The van der Waals surface area contributed by atoms with E-state index in [0.717, 1.165) is 17.3 Å². The summed E-state index contributed by atoms with van der Waals surface area (Å²) < 4.78 is 11.2. The number of methoxy groups -OCH3 is 1. The molecule has 0 radical (unpaired) electrons. The summed E-state index contributed by atoms with van der Waals surface area (Å²) in [5.41, 5.74) is 1.48. The number of benzene rings is 2. The molecule has 0 bridgehead atoms. The second-order valence-electron chi connectivity index (χ2n) is 6.07. The monoisotopic (exact) mass is 573 g/mol. The highest BCUT2D eigenvalue weighted by atomic mass is 79.9. The zero-order chi connectivity index (χ0) is 21.8. The molecule has 10 heteroatoms. The van der Waals surface area contributed by atoms with Crippen LogP contribution in [0, 0.1) is 0 Å². The van der Waals surface area contributed by atoms with Crippen molar-refractivity contribution >= 4 is 78.4 Å². The second kappa shape index (κ2) is 10.00. The van der Waals surface area contributed by atoms with E-state index in [2.05, 4.69) is 36.6 Å². The summed E-state index contributed by atoms with van der Waals surface area (Å²) in [5, 5.41) is 0.250. The number of halogens is 3. The van der Waals surface area contributed by atoms with Gasteiger partial charge in [-0.25, -0.2) is 4.79 Å². The van der Waals surface area contributed by atoms with E-state index in [1.165, 1.54) is 12.0 Å². The third-order valence-electron chi connectivity index (χ3n) is 4.01. The first kappa shape index (κ1) is 22.9. The highest BCUT2D eigenvalue weighted by Crippen LogP contribution is 2.38. The van der Waals surface area contributed by atoms with E-state index in [-0.39, 0.29) is 24.3 Å². The molecule has 2 aromatic rings. The molecule has 0 atom stereocenters. The smallest absolute Gasteiger partial charge is 0.343 e. The van der Waals surface area contributed by atoms with Crippen molar-refractivity contribution in [2.45, 2.75) is 6.54 Å². The number of hydrogen-bond acceptors (Lipinski definition) is 6. The SMILES string of the molecule is COC(=O)COc1c(Br)cc(/C=C2/SC(=O)N(Cc3ccc(Cl)cc3)C2=O)cc1Br. The van der Waals surface area contributed by atoms with Gasteiger partial charge >= 0.3 is 5.97 Å². The van der Waals surface area contributed by atoms with Gasteiger partial charge in [0.05, 0.1) is 27.5 Å². The Balaban J connectivity index is 1.78. The molecule has 0 N–H and O–H groups in total. The Morgan fingerprint density at radius 3 is 2.40 bits per heavy atom. The van der Waals surface area contributed by atoms with Crippen molar-refractivity contribution in [1.29, 1.82) is 0 Å². The lowest BCUT2D eigenvalue weighted by Crippen LogP contribution is -2.27. The number of esters is 1. The van der Waals surface area contributed by atoms with Crippen molar-refractivity contribution in [3.05, 3.63) is 66.4 Å². The van der Waals surface area contributed by atoms with Crippen molar-refractivity contribution in [3.8, 4) is 5.75 Å². The van der Waals surface area contributed by atoms with Crippen LogP contribution in [0.4, 0.5) is 4.79 Å². The van der Waals surface area contributed by atoms with Gasteiger partial charge < -0.3 is 9.47 Å². The fraction of sp³-hybridized carbons (Fsp3) is 0.150. The lowest BCUT2D eigenvalue weighted by molar-refractivity contribution is -0.143. The van der Waals surface area contributed by atoms with Crippen molar-refractivity contribution in [2.75, 3.05) is 13.7 Å². The molecule has 0 unspecified atom stereocenters. The van der Waals surface area contributed by atoms with E-state index in [9.17, 15) is 14.4 Å². The average Bonchev–Trinajstić information content (AvgIpc) is 2.96. The van der Waals surface area contributed by atoms with Crippen LogP contribution in [-0.4, -0.2) is 35.7 Å². The van der Waals surface area contributed by atoms with Crippen LogP contribution in [0.3, 0.4) is 0 Å². The second-order valence-corrected chi connectivity index (χ2v) is 9.21. The number of thioether (sulfide) groups is 1. The number of amides is 2. The molecule has 0 spiro atoms. The lowest BCUT2D eigenvalue weighted by atomic mass is 10.2. The molecule has 3 rings (SSSR count). The summed E-state index contributed by atoms with van der Waals surface area (Å²) in [6.45, 7) is -0.0660. The molecule has 156 valence electrons. The van der Waals surface area contributed by atoms with Gasteiger partial charge in [0.15, 0.2) is 6.61 Å². The third kappa shape index (κ3) is 5.46. The standard InChI is InChI=1S/C20H14Br2ClNO5S/c1-28-17(25)10-29-18-14(21)6-12(7-15(18)22)8-16-19(26)24(20(27)30-16)9-11-2-4-13(23)5-3-11/h2-8H,9-10H2,1H3/b16-8+. The zero-order valence-electron chi connectivity index (χ0n) is 15.5. The van der Waals surface area contributed by atoms with Crippen molar-refractivity contribution < 1.29 is 23.9 Å². The minimum Gasteiger partial charge on any atom is -0.480 e. The van der Waals surface area contributed by atoms with Gasteiger partial charge in [-0.3, -0.25) is 14.5 Å². The molecule has 6 nitrogen and oxygen atoms in total. The highest BCUT2D eigenvalue weighted by molar-refractivity contribution is 9.11. The van der Waals surface area contributed by atoms with Crippen molar-refractivity contribution in [3.63, 3.8) is 0 Å². The quantitative estimate of drug-likeness (QED) is 0.327. The molecule has 2 aromatic carbocycles. The summed E-state index contributed by atoms with van der Waals surface area (Å²) in [7, 11) is 1.28. The van der Waals surface area contributed by atoms with Gasteiger partial charge in [0.1, 0.15) is 5.75 Å². The molecular weight excluding hydrogens is 562 g/mol. The summed E-state index contributed by atoms with van der Waals surface area (Å²) in [4.78, 5) is 37.9. The topological polar surface area (TPSA) is 72.9 Å². The lowest BCUT2D eigenvalue weighted by Gasteiger charge is -2.12. The van der Waals surface area contributed by atoms with Crippen LogP contribution >= 0.6 is 55.2 Å². The van der Waals surface area contributed by atoms with E-state index < -0.39 is 5.97 Å². The van der Waals surface area contributed by atoms with E-state index in [0.29, 0.717) is 30.2 Å². The highest BCUT2D eigenvalue weighted by Gasteiger charge is 2.35. The van der Waals surface area contributed by atoms with Crippen LogP contribution in [0.25, 0.3) is 6.08 Å². The zero-order valence-corrected chi connectivity index (χ0v) is 20.2. The summed E-state index contributed by atoms with van der Waals surface area (Å²) in [6, 6.07) is 10.4. The Morgan fingerprint density at radius 2 is 1.80 bits per heavy atom. The molecule has 1 heterocycles. The van der Waals surface area contributed by atoms with Crippen LogP contribution in [-0.2, 0) is 20.9 Å². The minimum absolute atomic E-state index is 0.173. The van der Waals surface area contributed by atoms with Crippen molar-refractivity contribution in [2.24, 2.45) is 0 Å². The predicted octanol–water partition coefficient (Wildman–Crippen LogP) is 5.65. The molecule has 0 aromatic heterocycles. The van der Waals surface area contributed by atoms with Crippen LogP contribution in [0.5, 0.6) is 5.75 Å². The normalized spacial score (nSPS) is 15.1. The van der Waals surface area contributed by atoms with Crippen LogP contribution in [0.1, 0.15) is 11.1 Å². The van der Waals surface area contributed by atoms with Gasteiger partial charge in [0, 0.05) is 5.02 Å². The van der Waals surface area contributed by atoms with E-state index in [1.807, 2.05) is 0 Å². The number of imide groups is 1. The molecule has 1 aliphatic rings. The fourth-order valence-electron chi connectivity index (χ4n) is 2.55. The van der Waals surface area contributed by atoms with Gasteiger partial charge in [-0.15, -0.1) is 0 Å². The first-order valence-corrected chi connectivity index (χ1v) is 11.2. The maximum Gasteiger partial charge on any atom is 0.343 e. The first-order valence-electron chi connectivity index (χ1n) is 8.47. The number of ether oxygens (including phenoxy) is 2. The van der Waals surface area contributed by atoms with Gasteiger partial charge in [-0.1, -0.05) is 23.7 Å². The molecule has 2 amide bonds. The Hall–Kier alpha value is -1.81. The largest absolute Gasteiger partial charge is 0.480 e. The van der Waals surface area contributed by atoms with Crippen LogP contribution in [0.15, 0.2) is 50.2 Å². The van der Waals surface area contributed by atoms with E-state index in [4.69, 9.17) is 16.3 Å². The van der Waals surface area contributed by atoms with Gasteiger partial charge in [0.25, 0.3) is 11.1 Å². The first-order chi connectivity index (χ1) is 14.3. The van der Waals surface area contributed by atoms with E-state index in [1.54, 1.807) is 42.5 Å². The third-order valence-corrected chi connectivity index (χ3v) is 6.35. The number of rotatable bonds is 6. The van der Waals surface area contributed by atoms with Gasteiger partial charge in [-0.05, 0) is 85.1 Å². The fourth-order valence-corrected chi connectivity index (χ4v) is 4.97. The maximum atomic E-state index is 12.7. The minimum atomic E-state index is -0.507. The Bertz CT molecular complexity index is 1020. The van der Waals surface area contributed by atoms with Crippen molar-refractivity contribution in [1.82, 2.24) is 4.90 Å². The summed E-state index contributed by atoms with van der Waals surface area (Å²) >= 11 is 13.5. The van der Waals surface area contributed by atoms with Gasteiger partial charge in [-0.2, -0.15) is 0 Å². The molecule has 0 saturated carbocycles. The number of nitrogens with zero attached hydrogens (tertiary/aromatic N) is 1. The number of carbonyl (C=O) groups excluding carboxylic acids is 3. The van der Waals surface area contributed by atoms with Crippen LogP contribution in [0.2, 0.25) is 5.02 Å². The predicted molar refractivity (Wildman–Crippen MR) is 122 cm³/mol. The molecule has 0 aliphatic carbocycles. The van der Waals surface area contributed by atoms with Crippen LogP contribution < -0.4 is 4.74 Å². The number of hydrogen-bond donors (Lipinski definition) is 0.